The van der Waals surface area contributed by atoms with Crippen LogP contribution in [0, 0.1) is 52.3 Å². The largest absolute Gasteiger partial charge is 0.394 e. The van der Waals surface area contributed by atoms with Crippen LogP contribution in [0.1, 0.15) is 79.1 Å². The van der Waals surface area contributed by atoms with Gasteiger partial charge in [0.25, 0.3) is 0 Å². The first-order valence-corrected chi connectivity index (χ1v) is 20.5. The van der Waals surface area contributed by atoms with Gasteiger partial charge in [-0.05, 0) is 91.3 Å². The Balaban J connectivity index is 1.07. The Morgan fingerprint density at radius 3 is 1.83 bits per heavy atom. The molecule has 9 N–H and O–H groups in total. The van der Waals surface area contributed by atoms with Crippen molar-refractivity contribution in [2.75, 3.05) is 19.8 Å². The molecule has 0 amide bonds. The van der Waals surface area contributed by atoms with E-state index >= 15 is 0 Å². The minimum atomic E-state index is -1.67. The number of hydrogen-bond acceptors (Lipinski definition) is 15. The van der Waals surface area contributed by atoms with E-state index in [0.717, 1.165) is 32.1 Å². The molecule has 15 heteroatoms. The molecule has 15 nitrogen and oxygen atoms in total. The molecular formula is C39H64O15. The van der Waals surface area contributed by atoms with Crippen molar-refractivity contribution in [3.63, 3.8) is 0 Å². The topological polar surface area (TPSA) is 237 Å². The van der Waals surface area contributed by atoms with Gasteiger partial charge in [0.05, 0.1) is 44.2 Å². The van der Waals surface area contributed by atoms with Gasteiger partial charge in [-0.15, -0.1) is 0 Å². The first-order chi connectivity index (χ1) is 25.6. The van der Waals surface area contributed by atoms with Crippen molar-refractivity contribution in [1.29, 1.82) is 0 Å². The summed E-state index contributed by atoms with van der Waals surface area (Å²) in [5, 5.41) is 95.7. The van der Waals surface area contributed by atoms with Crippen LogP contribution in [-0.4, -0.2) is 157 Å². The molecule has 4 heterocycles. The Hall–Kier alpha value is -0.600. The van der Waals surface area contributed by atoms with Crippen molar-refractivity contribution < 1.29 is 74.4 Å². The number of ether oxygens (including phenoxy) is 6. The fourth-order valence-electron chi connectivity index (χ4n) is 13.3. The summed E-state index contributed by atoms with van der Waals surface area (Å²) in [6.07, 6.45) is -11.5. The lowest BCUT2D eigenvalue weighted by Crippen LogP contribution is -2.65. The maximum Gasteiger partial charge on any atom is 0.187 e. The van der Waals surface area contributed by atoms with E-state index in [1.54, 1.807) is 0 Å². The molecular weight excluding hydrogens is 708 g/mol. The molecule has 4 saturated heterocycles. The maximum absolute atomic E-state index is 12.1. The van der Waals surface area contributed by atoms with E-state index in [1.807, 2.05) is 0 Å². The van der Waals surface area contributed by atoms with Crippen LogP contribution in [0.15, 0.2) is 0 Å². The zero-order valence-corrected chi connectivity index (χ0v) is 31.9. The fourth-order valence-corrected chi connectivity index (χ4v) is 13.3. The average Bonchev–Trinajstić information content (AvgIpc) is 3.59. The highest BCUT2D eigenvalue weighted by Crippen LogP contribution is 2.71. The minimum absolute atomic E-state index is 0.0136. The second-order valence-electron chi connectivity index (χ2n) is 19.0. The SMILES string of the molecule is C[C@@H]1CC[C@@]2(OC1)O[C@H]1C[C@H]3[C@@H]4C[C@@H](O)[C@H]5C[C@@H](O[C@@H]6O[C@H](CO)[C@H](O)[C@H](O)[C@H]6O)[C@H](O[C@@H]6O[C@H](CO)[C@@H](O)[C@H](O)[C@H]6O)C[C@]5(C)[C@H]4CC[C@]3(C)[C@H]1[C@@H]2C. The van der Waals surface area contributed by atoms with Gasteiger partial charge in [0, 0.05) is 12.3 Å². The number of aliphatic hydroxyl groups is 9. The van der Waals surface area contributed by atoms with Crippen molar-refractivity contribution >= 4 is 0 Å². The predicted molar refractivity (Wildman–Crippen MR) is 186 cm³/mol. The summed E-state index contributed by atoms with van der Waals surface area (Å²) >= 11 is 0. The zero-order chi connectivity index (χ0) is 38.6. The summed E-state index contributed by atoms with van der Waals surface area (Å²) in [7, 11) is 0. The Kier molecular flexibility index (Phi) is 10.9. The van der Waals surface area contributed by atoms with E-state index in [1.165, 1.54) is 0 Å². The highest BCUT2D eigenvalue weighted by atomic mass is 16.7. The summed E-state index contributed by atoms with van der Waals surface area (Å²) in [6, 6.07) is 0. The molecule has 1 spiro atoms. The van der Waals surface area contributed by atoms with E-state index in [9.17, 15) is 46.0 Å². The first kappa shape index (κ1) is 40.2. The van der Waals surface area contributed by atoms with Crippen molar-refractivity contribution in [3.05, 3.63) is 0 Å². The quantitative estimate of drug-likeness (QED) is 0.153. The molecule has 8 rings (SSSR count). The van der Waals surface area contributed by atoms with Crippen LogP contribution in [0.3, 0.4) is 0 Å². The molecule has 310 valence electrons. The van der Waals surface area contributed by atoms with Gasteiger partial charge in [0.1, 0.15) is 48.8 Å². The molecule has 54 heavy (non-hydrogen) atoms. The second kappa shape index (κ2) is 14.6. The second-order valence-corrected chi connectivity index (χ2v) is 19.0. The van der Waals surface area contributed by atoms with Gasteiger partial charge in [0.15, 0.2) is 18.4 Å². The molecule has 4 aliphatic heterocycles. The summed E-state index contributed by atoms with van der Waals surface area (Å²) in [4.78, 5) is 0. The molecule has 8 fully saturated rings. The van der Waals surface area contributed by atoms with Gasteiger partial charge >= 0.3 is 0 Å². The average molecular weight is 773 g/mol. The summed E-state index contributed by atoms with van der Waals surface area (Å²) in [5.74, 6) is 1.08. The third-order valence-corrected chi connectivity index (χ3v) is 16.2. The Labute approximate surface area is 316 Å². The molecule has 0 unspecified atom stereocenters. The van der Waals surface area contributed by atoms with E-state index in [0.29, 0.717) is 37.2 Å². The molecule has 4 aliphatic carbocycles. The van der Waals surface area contributed by atoms with Crippen LogP contribution in [-0.2, 0) is 28.4 Å². The third-order valence-electron chi connectivity index (χ3n) is 16.2. The van der Waals surface area contributed by atoms with Gasteiger partial charge in [-0.2, -0.15) is 0 Å². The Morgan fingerprint density at radius 2 is 1.26 bits per heavy atom. The molecule has 8 aliphatic rings. The summed E-state index contributed by atoms with van der Waals surface area (Å²) in [5.41, 5.74) is -0.467. The summed E-state index contributed by atoms with van der Waals surface area (Å²) < 4.78 is 37.8. The van der Waals surface area contributed by atoms with Crippen molar-refractivity contribution in [2.45, 2.75) is 171 Å². The van der Waals surface area contributed by atoms with Crippen LogP contribution in [0.25, 0.3) is 0 Å². The standard InChI is InChI=1S/C39H64O15/c1-16-5-8-39(49-15-16)17(2)28-24(54-39)10-20-18-9-22(42)21-11-23(50-35-33(47)31(45)29(43)26(13-40)52-35)25(12-38(21,4)19(18)6-7-37(20,28)3)51-36-34(48)32(46)30(44)27(14-41)53-36/h16-36,40-48H,5-15H2,1-4H3/t16-,17+,18-,19+,20+,21-,22-,23-,24+,25-,26-,27-,28+,29+,30-,31+,32+,33-,34-,35-,36-,37+,38-,39-/m1/s1. The Morgan fingerprint density at radius 1 is 0.648 bits per heavy atom. The van der Waals surface area contributed by atoms with Crippen LogP contribution in [0.5, 0.6) is 0 Å². The monoisotopic (exact) mass is 772 g/mol. The molecule has 0 aromatic rings. The van der Waals surface area contributed by atoms with E-state index in [-0.39, 0.29) is 41.6 Å². The molecule has 0 radical (unpaired) electrons. The molecule has 4 saturated carbocycles. The number of hydrogen-bond donors (Lipinski definition) is 9. The lowest BCUT2D eigenvalue weighted by molar-refractivity contribution is -0.353. The molecule has 24 atom stereocenters. The van der Waals surface area contributed by atoms with Crippen molar-refractivity contribution in [3.8, 4) is 0 Å². The van der Waals surface area contributed by atoms with Gasteiger partial charge in [-0.3, -0.25) is 0 Å². The van der Waals surface area contributed by atoms with Gasteiger partial charge in [0.2, 0.25) is 0 Å². The lowest BCUT2D eigenvalue weighted by atomic mass is 9.43. The van der Waals surface area contributed by atoms with Gasteiger partial charge in [-0.25, -0.2) is 0 Å². The zero-order valence-electron chi connectivity index (χ0n) is 31.9. The van der Waals surface area contributed by atoms with Gasteiger partial charge in [-0.1, -0.05) is 27.7 Å². The lowest BCUT2D eigenvalue weighted by Gasteiger charge is -2.63. The predicted octanol–water partition coefficient (Wildman–Crippen LogP) is -0.616. The fraction of sp³-hybridized carbons (Fsp3) is 1.00. The van der Waals surface area contributed by atoms with Crippen molar-refractivity contribution in [1.82, 2.24) is 0 Å². The number of rotatable bonds is 6. The maximum atomic E-state index is 12.1. The molecule has 0 aromatic carbocycles. The minimum Gasteiger partial charge on any atom is -0.394 e. The molecule has 0 bridgehead atoms. The number of aliphatic hydroxyl groups excluding tert-OH is 9. The van der Waals surface area contributed by atoms with E-state index < -0.39 is 104 Å². The smallest absolute Gasteiger partial charge is 0.187 e. The van der Waals surface area contributed by atoms with Crippen LogP contribution >= 0.6 is 0 Å². The Bertz CT molecular complexity index is 1330. The van der Waals surface area contributed by atoms with Crippen LogP contribution < -0.4 is 0 Å². The van der Waals surface area contributed by atoms with E-state index in [4.69, 9.17) is 28.4 Å². The first-order valence-electron chi connectivity index (χ1n) is 20.5. The highest BCUT2D eigenvalue weighted by molar-refractivity contribution is 5.17. The third kappa shape index (κ3) is 6.18. The van der Waals surface area contributed by atoms with Gasteiger partial charge < -0.3 is 74.4 Å². The normalized spacial score (nSPS) is 60.1. The number of fused-ring (bicyclic) bond motifs is 7. The van der Waals surface area contributed by atoms with Crippen LogP contribution in [0.4, 0.5) is 0 Å². The molecule has 0 aromatic heterocycles. The highest BCUT2D eigenvalue weighted by Gasteiger charge is 2.70. The summed E-state index contributed by atoms with van der Waals surface area (Å²) in [6.45, 7) is 8.60. The van der Waals surface area contributed by atoms with E-state index in [2.05, 4.69) is 27.7 Å². The van der Waals surface area contributed by atoms with Crippen LogP contribution in [0.2, 0.25) is 0 Å². The van der Waals surface area contributed by atoms with Crippen molar-refractivity contribution in [2.24, 2.45) is 52.3 Å².